The van der Waals surface area contributed by atoms with E-state index < -0.39 is 0 Å². The van der Waals surface area contributed by atoms with E-state index in [-0.39, 0.29) is 12.0 Å². The molecule has 2 rings (SSSR count). The molecule has 0 atom stereocenters. The zero-order valence-corrected chi connectivity index (χ0v) is 12.2. The quantitative estimate of drug-likeness (QED) is 0.650. The van der Waals surface area contributed by atoms with Crippen molar-refractivity contribution in [2.24, 2.45) is 5.73 Å². The zero-order chi connectivity index (χ0) is 14.9. The lowest BCUT2D eigenvalue weighted by Gasteiger charge is -2.26. The highest BCUT2D eigenvalue weighted by Crippen LogP contribution is 2.19. The molecule has 0 unspecified atom stereocenters. The predicted molar refractivity (Wildman–Crippen MR) is 82.5 cm³/mol. The average Bonchev–Trinajstić information content (AvgIpc) is 2.52. The topological polar surface area (TPSA) is 64.3 Å². The first kappa shape index (κ1) is 15.6. The van der Waals surface area contributed by atoms with E-state index in [1.165, 1.54) is 0 Å². The van der Waals surface area contributed by atoms with E-state index in [4.69, 9.17) is 10.5 Å². The molecule has 0 heterocycles. The maximum atomic E-state index is 11.6. The summed E-state index contributed by atoms with van der Waals surface area (Å²) in [6, 6.07) is 9.78. The molecule has 0 spiro atoms. The molecule has 0 aromatic heterocycles. The van der Waals surface area contributed by atoms with Gasteiger partial charge in [-0.05, 0) is 37.8 Å². The molecule has 21 heavy (non-hydrogen) atoms. The van der Waals surface area contributed by atoms with Crippen LogP contribution in [0, 0.1) is 11.8 Å². The summed E-state index contributed by atoms with van der Waals surface area (Å²) in [6.07, 6.45) is 4.38. The van der Waals surface area contributed by atoms with E-state index in [1.807, 2.05) is 30.3 Å². The summed E-state index contributed by atoms with van der Waals surface area (Å²) in [6.45, 7) is 1.02. The van der Waals surface area contributed by atoms with Gasteiger partial charge in [-0.1, -0.05) is 24.1 Å². The molecule has 112 valence electrons. The van der Waals surface area contributed by atoms with Gasteiger partial charge in [0.15, 0.2) is 0 Å². The van der Waals surface area contributed by atoms with Gasteiger partial charge in [0, 0.05) is 24.1 Å². The summed E-state index contributed by atoms with van der Waals surface area (Å²) < 4.78 is 5.73. The maximum absolute atomic E-state index is 11.6. The second-order valence-electron chi connectivity index (χ2n) is 5.28. The van der Waals surface area contributed by atoms with Gasteiger partial charge in [-0.15, -0.1) is 0 Å². The molecule has 1 fully saturated rings. The molecule has 1 saturated carbocycles. The van der Waals surface area contributed by atoms with E-state index in [9.17, 15) is 4.79 Å². The number of carbonyl (C=O) groups is 1. The third-order valence-electron chi connectivity index (χ3n) is 3.55. The number of amides is 1. The molecule has 1 amide bonds. The van der Waals surface area contributed by atoms with Crippen LogP contribution in [0.25, 0.3) is 0 Å². The Kier molecular flexibility index (Phi) is 6.26. The molecule has 1 aromatic rings. The first-order valence-corrected chi connectivity index (χ1v) is 7.46. The van der Waals surface area contributed by atoms with Crippen LogP contribution in [0.15, 0.2) is 30.3 Å². The fourth-order valence-electron chi connectivity index (χ4n) is 2.34. The standard InChI is InChI=1S/C17H22N2O2/c18-15-7-9-16(10-8-15)21-13-12-19-17(20)11-6-14-4-2-1-3-5-14/h1-5,15-16H,7-10,12-13,18H2,(H,19,20). The lowest BCUT2D eigenvalue weighted by molar-refractivity contribution is -0.116. The Labute approximate surface area is 126 Å². The van der Waals surface area contributed by atoms with Gasteiger partial charge < -0.3 is 15.8 Å². The van der Waals surface area contributed by atoms with Crippen molar-refractivity contribution in [3.8, 4) is 11.8 Å². The Morgan fingerprint density at radius 1 is 1.24 bits per heavy atom. The summed E-state index contributed by atoms with van der Waals surface area (Å²) in [5.41, 5.74) is 6.68. The van der Waals surface area contributed by atoms with Crippen molar-refractivity contribution in [1.29, 1.82) is 0 Å². The fraction of sp³-hybridized carbons (Fsp3) is 0.471. The highest BCUT2D eigenvalue weighted by Gasteiger charge is 2.18. The molecule has 4 heteroatoms. The van der Waals surface area contributed by atoms with Crippen LogP contribution >= 0.6 is 0 Å². The maximum Gasteiger partial charge on any atom is 0.296 e. The number of ether oxygens (including phenoxy) is 1. The summed E-state index contributed by atoms with van der Waals surface area (Å²) in [7, 11) is 0. The van der Waals surface area contributed by atoms with Gasteiger partial charge in [0.2, 0.25) is 0 Å². The van der Waals surface area contributed by atoms with Crippen LogP contribution in [0.1, 0.15) is 31.2 Å². The van der Waals surface area contributed by atoms with Crippen molar-refractivity contribution >= 4 is 5.91 Å². The van der Waals surface area contributed by atoms with Gasteiger partial charge in [-0.2, -0.15) is 0 Å². The van der Waals surface area contributed by atoms with E-state index >= 15 is 0 Å². The van der Waals surface area contributed by atoms with Gasteiger partial charge in [0.05, 0.1) is 12.7 Å². The minimum absolute atomic E-state index is 0.270. The Hall–Kier alpha value is -1.83. The van der Waals surface area contributed by atoms with E-state index in [0.29, 0.717) is 19.2 Å². The fourth-order valence-corrected chi connectivity index (χ4v) is 2.34. The minimum Gasteiger partial charge on any atom is -0.376 e. The normalized spacial score (nSPS) is 21.2. The van der Waals surface area contributed by atoms with Crippen molar-refractivity contribution in [3.63, 3.8) is 0 Å². The SMILES string of the molecule is NC1CCC(OCCNC(=O)C#Cc2ccccc2)CC1. The van der Waals surface area contributed by atoms with Crippen molar-refractivity contribution < 1.29 is 9.53 Å². The van der Waals surface area contributed by atoms with Gasteiger partial charge >= 0.3 is 0 Å². The van der Waals surface area contributed by atoms with E-state index in [1.54, 1.807) is 0 Å². The molecular weight excluding hydrogens is 264 g/mol. The largest absolute Gasteiger partial charge is 0.376 e. The number of carbonyl (C=O) groups excluding carboxylic acids is 1. The van der Waals surface area contributed by atoms with Crippen LogP contribution in [0.3, 0.4) is 0 Å². The Balaban J connectivity index is 1.60. The highest BCUT2D eigenvalue weighted by molar-refractivity contribution is 5.94. The lowest BCUT2D eigenvalue weighted by atomic mass is 9.94. The number of hydrogen-bond acceptors (Lipinski definition) is 3. The number of hydrogen-bond donors (Lipinski definition) is 2. The molecular formula is C17H22N2O2. The number of rotatable bonds is 4. The third kappa shape index (κ3) is 5.99. The average molecular weight is 286 g/mol. The van der Waals surface area contributed by atoms with Gasteiger partial charge in [0.25, 0.3) is 5.91 Å². The molecule has 1 aliphatic carbocycles. The second kappa shape index (κ2) is 8.46. The molecule has 1 aliphatic rings. The third-order valence-corrected chi connectivity index (χ3v) is 3.55. The molecule has 0 aliphatic heterocycles. The van der Waals surface area contributed by atoms with Crippen molar-refractivity contribution in [2.75, 3.05) is 13.2 Å². The number of nitrogens with one attached hydrogen (secondary N) is 1. The zero-order valence-electron chi connectivity index (χ0n) is 12.2. The first-order valence-electron chi connectivity index (χ1n) is 7.46. The van der Waals surface area contributed by atoms with Crippen LogP contribution in [-0.2, 0) is 9.53 Å². The summed E-state index contributed by atoms with van der Waals surface area (Å²) in [5, 5.41) is 2.74. The van der Waals surface area contributed by atoms with Crippen molar-refractivity contribution in [2.45, 2.75) is 37.8 Å². The van der Waals surface area contributed by atoms with Crippen LogP contribution in [0.4, 0.5) is 0 Å². The molecule has 0 radical (unpaired) electrons. The van der Waals surface area contributed by atoms with Crippen LogP contribution in [0.2, 0.25) is 0 Å². The molecule has 0 saturated heterocycles. The van der Waals surface area contributed by atoms with Crippen LogP contribution in [-0.4, -0.2) is 31.2 Å². The second-order valence-corrected chi connectivity index (χ2v) is 5.28. The Morgan fingerprint density at radius 3 is 2.67 bits per heavy atom. The van der Waals surface area contributed by atoms with Gasteiger partial charge in [0.1, 0.15) is 0 Å². The van der Waals surface area contributed by atoms with Crippen LogP contribution in [0.5, 0.6) is 0 Å². The highest BCUT2D eigenvalue weighted by atomic mass is 16.5. The Bertz CT molecular complexity index is 497. The summed E-state index contributed by atoms with van der Waals surface area (Å²) in [5.74, 6) is 5.12. The first-order chi connectivity index (χ1) is 10.2. The van der Waals surface area contributed by atoms with Crippen LogP contribution < -0.4 is 11.1 Å². The number of nitrogens with two attached hydrogens (primary N) is 1. The Morgan fingerprint density at radius 2 is 1.95 bits per heavy atom. The predicted octanol–water partition coefficient (Wildman–Crippen LogP) is 1.44. The summed E-state index contributed by atoms with van der Waals surface area (Å²) in [4.78, 5) is 11.6. The van der Waals surface area contributed by atoms with E-state index in [2.05, 4.69) is 17.2 Å². The van der Waals surface area contributed by atoms with Gasteiger partial charge in [-0.25, -0.2) is 0 Å². The molecule has 1 aromatic carbocycles. The summed E-state index contributed by atoms with van der Waals surface area (Å²) >= 11 is 0. The minimum atomic E-state index is -0.270. The monoisotopic (exact) mass is 286 g/mol. The van der Waals surface area contributed by atoms with E-state index in [0.717, 1.165) is 31.2 Å². The lowest BCUT2D eigenvalue weighted by Crippen LogP contribution is -2.32. The molecule has 3 N–H and O–H groups in total. The molecule has 4 nitrogen and oxygen atoms in total. The van der Waals surface area contributed by atoms with Gasteiger partial charge in [-0.3, -0.25) is 4.79 Å². The number of benzene rings is 1. The molecule has 0 bridgehead atoms. The van der Waals surface area contributed by atoms with Crippen molar-refractivity contribution in [1.82, 2.24) is 5.32 Å². The van der Waals surface area contributed by atoms with Crippen molar-refractivity contribution in [3.05, 3.63) is 35.9 Å². The smallest absolute Gasteiger partial charge is 0.296 e.